The summed E-state index contributed by atoms with van der Waals surface area (Å²) in [5.41, 5.74) is 0. The van der Waals surface area contributed by atoms with Gasteiger partial charge in [0.1, 0.15) is 48.8 Å². The summed E-state index contributed by atoms with van der Waals surface area (Å²) in [7, 11) is 0. The van der Waals surface area contributed by atoms with Crippen LogP contribution in [-0.2, 0) is 23.7 Å². The Balaban J connectivity index is 1.84. The number of allylic oxidation sites excluding steroid dienone is 10. The summed E-state index contributed by atoms with van der Waals surface area (Å²) in [6.45, 7) is 2.62. The number of hydrogen-bond acceptors (Lipinski definition) is 13. The lowest BCUT2D eigenvalue weighted by atomic mass is 9.97. The number of hydrogen-bond donors (Lipinski definition) is 9. The van der Waals surface area contributed by atoms with Crippen LogP contribution in [0.1, 0.15) is 129 Å². The largest absolute Gasteiger partial charge is 0.394 e. The monoisotopic (exact) mass is 854 g/mol. The molecule has 0 aromatic heterocycles. The number of aliphatic hydroxyl groups is 8. The van der Waals surface area contributed by atoms with E-state index in [-0.39, 0.29) is 18.9 Å². The van der Waals surface area contributed by atoms with Crippen molar-refractivity contribution in [1.29, 1.82) is 0 Å². The van der Waals surface area contributed by atoms with Crippen LogP contribution < -0.4 is 5.32 Å². The number of aliphatic hydroxyl groups excluding tert-OH is 8. The summed E-state index contributed by atoms with van der Waals surface area (Å²) < 4.78 is 22.6. The van der Waals surface area contributed by atoms with Gasteiger partial charge in [-0.25, -0.2) is 0 Å². The van der Waals surface area contributed by atoms with Crippen LogP contribution in [0.15, 0.2) is 60.8 Å². The molecular formula is C46H79NO13. The quantitative estimate of drug-likeness (QED) is 0.0340. The van der Waals surface area contributed by atoms with Crippen LogP contribution in [0.2, 0.25) is 0 Å². The number of carbonyl (C=O) groups excluding carboxylic acids is 1. The van der Waals surface area contributed by atoms with Gasteiger partial charge in [-0.2, -0.15) is 0 Å². The summed E-state index contributed by atoms with van der Waals surface area (Å²) in [6, 6.07) is -0.845. The molecule has 0 aromatic carbocycles. The van der Waals surface area contributed by atoms with Gasteiger partial charge in [0, 0.05) is 6.42 Å². The van der Waals surface area contributed by atoms with Crippen molar-refractivity contribution in [1.82, 2.24) is 5.32 Å². The highest BCUT2D eigenvalue weighted by atomic mass is 16.7. The summed E-state index contributed by atoms with van der Waals surface area (Å²) >= 11 is 0. The van der Waals surface area contributed by atoms with Crippen LogP contribution >= 0.6 is 0 Å². The smallest absolute Gasteiger partial charge is 0.220 e. The molecule has 346 valence electrons. The molecule has 12 unspecified atom stereocenters. The Morgan fingerprint density at radius 2 is 1.15 bits per heavy atom. The Kier molecular flexibility index (Phi) is 29.9. The standard InChI is InChI=1S/C46H79NO13/c1-3-5-7-9-11-12-13-14-15-16-17-18-19-20-21-22-24-26-28-30-38(51)47-34(35(50)29-27-25-23-10-8-6-4-2)33-57-45-43(56)41(54)44(37(32-49)59-45)60-46-42(55)40(53)39(52)36(31-48)58-46/h5,7,11-12,14-15,17-18,20-21,34-37,39-46,48-50,52-56H,3-4,6,8-10,13,16,19,22-33H2,1-2H3,(H,47,51)/b7-5-,12-11-,15-14-,18-17-,21-20-. The summed E-state index contributed by atoms with van der Waals surface area (Å²) in [5.74, 6) is -0.247. The minimum atomic E-state index is -1.79. The molecule has 0 aliphatic carbocycles. The average Bonchev–Trinajstić information content (AvgIpc) is 3.24. The normalized spacial score (nSPS) is 28.8. The summed E-state index contributed by atoms with van der Waals surface area (Å²) in [6.07, 6.45) is 21.2. The van der Waals surface area contributed by atoms with E-state index in [0.29, 0.717) is 12.8 Å². The van der Waals surface area contributed by atoms with Gasteiger partial charge >= 0.3 is 0 Å². The molecule has 14 nitrogen and oxygen atoms in total. The van der Waals surface area contributed by atoms with E-state index in [0.717, 1.165) is 83.5 Å². The molecule has 12 atom stereocenters. The first-order valence-electron chi connectivity index (χ1n) is 22.5. The van der Waals surface area contributed by atoms with Crippen molar-refractivity contribution < 1.29 is 64.6 Å². The number of carbonyl (C=O) groups is 1. The molecular weight excluding hydrogens is 774 g/mol. The highest BCUT2D eigenvalue weighted by Crippen LogP contribution is 2.30. The Bertz CT molecular complexity index is 1240. The molecule has 0 aromatic rings. The van der Waals surface area contributed by atoms with Crippen molar-refractivity contribution in [3.8, 4) is 0 Å². The first-order chi connectivity index (χ1) is 29.1. The maximum absolute atomic E-state index is 13.1. The fraction of sp³-hybridized carbons (Fsp3) is 0.761. The molecule has 60 heavy (non-hydrogen) atoms. The predicted octanol–water partition coefficient (Wildman–Crippen LogP) is 4.32. The predicted molar refractivity (Wildman–Crippen MR) is 230 cm³/mol. The summed E-state index contributed by atoms with van der Waals surface area (Å²) in [5, 5.41) is 86.3. The van der Waals surface area contributed by atoms with Crippen molar-refractivity contribution in [2.75, 3.05) is 19.8 Å². The van der Waals surface area contributed by atoms with E-state index < -0.39 is 86.8 Å². The lowest BCUT2D eigenvalue weighted by Gasteiger charge is -2.46. The molecule has 2 aliphatic heterocycles. The van der Waals surface area contributed by atoms with Gasteiger partial charge in [-0.15, -0.1) is 0 Å². The van der Waals surface area contributed by atoms with E-state index in [1.54, 1.807) is 0 Å². The third-order valence-corrected chi connectivity index (χ3v) is 10.7. The zero-order valence-corrected chi connectivity index (χ0v) is 36.2. The molecule has 2 saturated heterocycles. The highest BCUT2D eigenvalue weighted by molar-refractivity contribution is 5.76. The van der Waals surface area contributed by atoms with E-state index >= 15 is 0 Å². The van der Waals surface area contributed by atoms with Gasteiger partial charge in [-0.05, 0) is 57.8 Å². The topological polar surface area (TPSA) is 228 Å². The lowest BCUT2D eigenvalue weighted by molar-refractivity contribution is -0.359. The van der Waals surface area contributed by atoms with E-state index in [1.807, 2.05) is 0 Å². The fourth-order valence-corrected chi connectivity index (χ4v) is 7.02. The lowest BCUT2D eigenvalue weighted by Crippen LogP contribution is -2.65. The van der Waals surface area contributed by atoms with Crippen LogP contribution in [0.4, 0.5) is 0 Å². The van der Waals surface area contributed by atoms with Gasteiger partial charge in [-0.3, -0.25) is 4.79 Å². The van der Waals surface area contributed by atoms with Gasteiger partial charge in [-0.1, -0.05) is 126 Å². The van der Waals surface area contributed by atoms with Gasteiger partial charge in [0.05, 0.1) is 32.0 Å². The molecule has 2 aliphatic rings. The third kappa shape index (κ3) is 21.2. The molecule has 2 fully saturated rings. The summed E-state index contributed by atoms with van der Waals surface area (Å²) in [4.78, 5) is 13.1. The number of amides is 1. The van der Waals surface area contributed by atoms with Crippen LogP contribution in [0, 0.1) is 0 Å². The highest BCUT2D eigenvalue weighted by Gasteiger charge is 2.51. The minimum absolute atomic E-state index is 0.247. The molecule has 0 bridgehead atoms. The van der Waals surface area contributed by atoms with E-state index in [4.69, 9.17) is 18.9 Å². The molecule has 1 amide bonds. The number of rotatable bonds is 32. The Hall–Kier alpha value is -2.31. The Labute approximate surface area is 358 Å². The van der Waals surface area contributed by atoms with Gasteiger partial charge < -0.3 is 65.1 Å². The zero-order valence-electron chi connectivity index (χ0n) is 36.2. The van der Waals surface area contributed by atoms with Crippen LogP contribution in [0.3, 0.4) is 0 Å². The first-order valence-corrected chi connectivity index (χ1v) is 22.5. The number of ether oxygens (including phenoxy) is 4. The van der Waals surface area contributed by atoms with E-state index in [1.165, 1.54) is 12.8 Å². The molecule has 0 radical (unpaired) electrons. The van der Waals surface area contributed by atoms with Crippen LogP contribution in [0.25, 0.3) is 0 Å². The molecule has 2 rings (SSSR count). The molecule has 0 spiro atoms. The maximum atomic E-state index is 13.1. The average molecular weight is 854 g/mol. The second kappa shape index (κ2) is 33.3. The van der Waals surface area contributed by atoms with Crippen LogP contribution in [0.5, 0.6) is 0 Å². The van der Waals surface area contributed by atoms with Gasteiger partial charge in [0.2, 0.25) is 5.91 Å². The van der Waals surface area contributed by atoms with Crippen LogP contribution in [-0.4, -0.2) is 140 Å². The Morgan fingerprint density at radius 1 is 0.617 bits per heavy atom. The van der Waals surface area contributed by atoms with Crippen molar-refractivity contribution in [3.05, 3.63) is 60.8 Å². The molecule has 14 heteroatoms. The SMILES string of the molecule is CC/C=C\C/C=C\C/C=C\C/C=C\C/C=C\CCCCCC(=O)NC(COC1OC(CO)C(OC2OC(CO)C(O)C(O)C2O)C(O)C1O)C(O)CCCCCCCCC. The van der Waals surface area contributed by atoms with Gasteiger partial charge in [0.15, 0.2) is 12.6 Å². The minimum Gasteiger partial charge on any atom is -0.394 e. The van der Waals surface area contributed by atoms with E-state index in [9.17, 15) is 45.6 Å². The number of unbranched alkanes of at least 4 members (excludes halogenated alkanes) is 9. The fourth-order valence-electron chi connectivity index (χ4n) is 7.02. The second-order valence-corrected chi connectivity index (χ2v) is 15.8. The Morgan fingerprint density at radius 3 is 1.75 bits per heavy atom. The first kappa shape index (κ1) is 53.8. The molecule has 2 heterocycles. The molecule has 0 saturated carbocycles. The van der Waals surface area contributed by atoms with Gasteiger partial charge in [0.25, 0.3) is 0 Å². The molecule has 9 N–H and O–H groups in total. The van der Waals surface area contributed by atoms with Crippen molar-refractivity contribution in [2.24, 2.45) is 0 Å². The van der Waals surface area contributed by atoms with E-state index in [2.05, 4.69) is 79.9 Å². The zero-order chi connectivity index (χ0) is 44.0. The van der Waals surface area contributed by atoms with Crippen molar-refractivity contribution >= 4 is 5.91 Å². The third-order valence-electron chi connectivity index (χ3n) is 10.7. The maximum Gasteiger partial charge on any atom is 0.220 e. The van der Waals surface area contributed by atoms with Crippen molar-refractivity contribution in [2.45, 2.75) is 203 Å². The van der Waals surface area contributed by atoms with Crippen molar-refractivity contribution in [3.63, 3.8) is 0 Å². The number of nitrogens with one attached hydrogen (secondary N) is 1. The second-order valence-electron chi connectivity index (χ2n) is 15.8.